The van der Waals surface area contributed by atoms with Crippen LogP contribution in [-0.4, -0.2) is 28.2 Å². The second-order valence-corrected chi connectivity index (χ2v) is 7.72. The number of hydrogen-bond donors (Lipinski definition) is 2. The van der Waals surface area contributed by atoms with Gasteiger partial charge in [-0.25, -0.2) is 4.39 Å². The number of amides is 1. The molecule has 0 aliphatic heterocycles. The molecule has 162 valence electrons. The molecule has 0 spiro atoms. The Balaban J connectivity index is 1.81. The lowest BCUT2D eigenvalue weighted by molar-refractivity contribution is 0.0976. The molecular formula is C24H28FN5O. The number of aryl methyl sites for hydroxylation is 4. The normalized spacial score (nSPS) is 11.5. The number of aliphatic imine (C=N–C) groups is 1. The third-order valence-corrected chi connectivity index (χ3v) is 5.09. The Morgan fingerprint density at radius 3 is 2.42 bits per heavy atom. The van der Waals surface area contributed by atoms with E-state index < -0.39 is 0 Å². The van der Waals surface area contributed by atoms with E-state index in [0.29, 0.717) is 24.2 Å². The maximum Gasteiger partial charge on any atom is 0.257 e. The lowest BCUT2D eigenvalue weighted by Gasteiger charge is -2.13. The van der Waals surface area contributed by atoms with Crippen LogP contribution in [-0.2, 0) is 13.5 Å². The van der Waals surface area contributed by atoms with Gasteiger partial charge in [0.15, 0.2) is 0 Å². The highest BCUT2D eigenvalue weighted by atomic mass is 19.1. The molecule has 1 heterocycles. The van der Waals surface area contributed by atoms with Crippen LogP contribution in [0.25, 0.3) is 0 Å². The minimum atomic E-state index is -0.369. The van der Waals surface area contributed by atoms with Crippen molar-refractivity contribution >= 4 is 17.6 Å². The molecule has 0 atom stereocenters. The molecule has 0 aliphatic carbocycles. The number of hydrogen-bond acceptors (Lipinski definition) is 3. The number of halogens is 1. The van der Waals surface area contributed by atoms with Gasteiger partial charge < -0.3 is 5.32 Å². The fraction of sp³-hybridized carbons (Fsp3) is 0.292. The van der Waals surface area contributed by atoms with Gasteiger partial charge in [0.25, 0.3) is 5.91 Å². The van der Waals surface area contributed by atoms with Crippen molar-refractivity contribution in [3.63, 3.8) is 0 Å². The topological polar surface area (TPSA) is 71.3 Å². The Morgan fingerprint density at radius 2 is 1.81 bits per heavy atom. The molecule has 1 amide bonds. The van der Waals surface area contributed by atoms with Crippen LogP contribution in [0.15, 0.2) is 47.5 Å². The number of aromatic nitrogens is 2. The molecule has 1 aromatic heterocycles. The highest BCUT2D eigenvalue weighted by molar-refractivity contribution is 6.10. The summed E-state index contributed by atoms with van der Waals surface area (Å²) in [5.74, 6) is -0.372. The predicted molar refractivity (Wildman–Crippen MR) is 122 cm³/mol. The standard InChI is InChI=1S/C24H28FN5O/c1-15-11-16(2)13-19(12-15)23(31)28-24(27-21-8-6-7-20(25)14-21)26-10-9-22-17(3)29-30(5)18(22)4/h6-8,11-14H,9-10H2,1-5H3,(H2,26,27,28,31). The van der Waals surface area contributed by atoms with E-state index in [1.54, 1.807) is 12.1 Å². The van der Waals surface area contributed by atoms with Crippen molar-refractivity contribution in [2.45, 2.75) is 34.1 Å². The summed E-state index contributed by atoms with van der Waals surface area (Å²) in [6.45, 7) is 8.33. The number of benzene rings is 2. The van der Waals surface area contributed by atoms with Gasteiger partial charge in [-0.1, -0.05) is 23.3 Å². The lowest BCUT2D eigenvalue weighted by atomic mass is 10.1. The fourth-order valence-electron chi connectivity index (χ4n) is 3.56. The van der Waals surface area contributed by atoms with Crippen LogP contribution in [0.3, 0.4) is 0 Å². The largest absolute Gasteiger partial charge is 0.326 e. The smallest absolute Gasteiger partial charge is 0.257 e. The van der Waals surface area contributed by atoms with E-state index in [-0.39, 0.29) is 17.7 Å². The summed E-state index contributed by atoms with van der Waals surface area (Å²) in [6, 6.07) is 11.7. The fourth-order valence-corrected chi connectivity index (χ4v) is 3.56. The first-order valence-electron chi connectivity index (χ1n) is 10.2. The molecule has 0 saturated carbocycles. The Hall–Kier alpha value is -3.48. The van der Waals surface area contributed by atoms with Crippen LogP contribution in [0.5, 0.6) is 0 Å². The molecule has 0 unspecified atom stereocenters. The lowest BCUT2D eigenvalue weighted by Crippen LogP contribution is -2.36. The average Bonchev–Trinajstić information content (AvgIpc) is 2.93. The minimum absolute atomic E-state index is 0.272. The summed E-state index contributed by atoms with van der Waals surface area (Å²) in [6.07, 6.45) is 0.680. The Labute approximate surface area is 182 Å². The molecule has 0 saturated heterocycles. The molecule has 31 heavy (non-hydrogen) atoms. The van der Waals surface area contributed by atoms with Gasteiger partial charge in [-0.15, -0.1) is 0 Å². The van der Waals surface area contributed by atoms with E-state index >= 15 is 0 Å². The van der Waals surface area contributed by atoms with E-state index in [1.165, 1.54) is 12.1 Å². The van der Waals surface area contributed by atoms with Gasteiger partial charge in [0.2, 0.25) is 5.96 Å². The van der Waals surface area contributed by atoms with E-state index in [9.17, 15) is 9.18 Å². The maximum absolute atomic E-state index is 13.6. The summed E-state index contributed by atoms with van der Waals surface area (Å²) in [5.41, 5.74) is 6.25. The Morgan fingerprint density at radius 1 is 1.10 bits per heavy atom. The molecule has 6 nitrogen and oxygen atoms in total. The van der Waals surface area contributed by atoms with Gasteiger partial charge in [0.05, 0.1) is 5.69 Å². The van der Waals surface area contributed by atoms with Crippen LogP contribution < -0.4 is 10.6 Å². The summed E-state index contributed by atoms with van der Waals surface area (Å²) in [7, 11) is 1.91. The van der Waals surface area contributed by atoms with Gasteiger partial charge in [0, 0.05) is 30.5 Å². The summed E-state index contributed by atoms with van der Waals surface area (Å²) >= 11 is 0. The second kappa shape index (κ2) is 9.55. The van der Waals surface area contributed by atoms with Crippen LogP contribution in [0, 0.1) is 33.5 Å². The highest BCUT2D eigenvalue weighted by Gasteiger charge is 2.12. The number of carbonyl (C=O) groups excluding carboxylic acids is 1. The van der Waals surface area contributed by atoms with Gasteiger partial charge >= 0.3 is 0 Å². The van der Waals surface area contributed by atoms with Crippen molar-refractivity contribution in [3.05, 3.63) is 81.9 Å². The SMILES string of the molecule is Cc1cc(C)cc(C(=O)NC(=NCCc2c(C)nn(C)c2C)Nc2cccc(F)c2)c1. The molecule has 2 aromatic carbocycles. The summed E-state index contributed by atoms with van der Waals surface area (Å²) in [5, 5.41) is 10.3. The minimum Gasteiger partial charge on any atom is -0.326 e. The van der Waals surface area contributed by atoms with E-state index in [0.717, 1.165) is 28.1 Å². The van der Waals surface area contributed by atoms with Crippen molar-refractivity contribution in [3.8, 4) is 0 Å². The van der Waals surface area contributed by atoms with Gasteiger partial charge in [-0.05, 0) is 70.0 Å². The zero-order chi connectivity index (χ0) is 22.5. The quantitative estimate of drug-likeness (QED) is 0.478. The zero-order valence-electron chi connectivity index (χ0n) is 18.6. The highest BCUT2D eigenvalue weighted by Crippen LogP contribution is 2.13. The number of nitrogens with one attached hydrogen (secondary N) is 2. The first kappa shape index (κ1) is 22.2. The average molecular weight is 422 g/mol. The maximum atomic E-state index is 13.6. The third kappa shape index (κ3) is 5.78. The molecule has 0 aliphatic rings. The molecule has 0 radical (unpaired) electrons. The number of carbonyl (C=O) groups is 1. The molecule has 2 N–H and O–H groups in total. The van der Waals surface area contributed by atoms with E-state index in [4.69, 9.17) is 0 Å². The van der Waals surface area contributed by atoms with Crippen LogP contribution in [0.4, 0.5) is 10.1 Å². The molecule has 0 fully saturated rings. The van der Waals surface area contributed by atoms with Gasteiger partial charge in [-0.2, -0.15) is 5.10 Å². The van der Waals surface area contributed by atoms with E-state index in [2.05, 4.69) is 20.7 Å². The first-order valence-corrected chi connectivity index (χ1v) is 10.2. The second-order valence-electron chi connectivity index (χ2n) is 7.72. The zero-order valence-corrected chi connectivity index (χ0v) is 18.6. The van der Waals surface area contributed by atoms with Gasteiger partial charge in [-0.3, -0.25) is 19.8 Å². The number of nitrogens with zero attached hydrogens (tertiary/aromatic N) is 3. The predicted octanol–water partition coefficient (Wildman–Crippen LogP) is 4.23. The van der Waals surface area contributed by atoms with Crippen molar-refractivity contribution in [2.75, 3.05) is 11.9 Å². The van der Waals surface area contributed by atoms with Crippen molar-refractivity contribution in [1.29, 1.82) is 0 Å². The molecule has 7 heteroatoms. The number of guanidine groups is 1. The summed E-state index contributed by atoms with van der Waals surface area (Å²) < 4.78 is 15.5. The monoisotopic (exact) mass is 421 g/mol. The van der Waals surface area contributed by atoms with Crippen molar-refractivity contribution < 1.29 is 9.18 Å². The van der Waals surface area contributed by atoms with Gasteiger partial charge in [0.1, 0.15) is 5.82 Å². The van der Waals surface area contributed by atoms with Crippen LogP contribution in [0.1, 0.15) is 38.4 Å². The van der Waals surface area contributed by atoms with Crippen LogP contribution >= 0.6 is 0 Å². The van der Waals surface area contributed by atoms with E-state index in [1.807, 2.05) is 57.6 Å². The molecule has 3 rings (SSSR count). The number of rotatable bonds is 5. The van der Waals surface area contributed by atoms with Crippen molar-refractivity contribution in [2.24, 2.45) is 12.0 Å². The Kier molecular flexibility index (Phi) is 6.84. The number of anilines is 1. The first-order chi connectivity index (χ1) is 14.7. The summed E-state index contributed by atoms with van der Waals surface area (Å²) in [4.78, 5) is 17.4. The molecule has 3 aromatic rings. The van der Waals surface area contributed by atoms with Crippen LogP contribution in [0.2, 0.25) is 0 Å². The Bertz CT molecular complexity index is 1110. The molecule has 0 bridgehead atoms. The van der Waals surface area contributed by atoms with Crippen molar-refractivity contribution in [1.82, 2.24) is 15.1 Å². The third-order valence-electron chi connectivity index (χ3n) is 5.09. The molecular weight excluding hydrogens is 393 g/mol.